The zero-order valence-electron chi connectivity index (χ0n) is 14.2. The molecule has 0 radical (unpaired) electrons. The van der Waals surface area contributed by atoms with Gasteiger partial charge in [-0.1, -0.05) is 0 Å². The molecule has 0 aromatic carbocycles. The lowest BCUT2D eigenvalue weighted by Crippen LogP contribution is -2.63. The molecule has 2 bridgehead atoms. The molecule has 2 N–H and O–H groups in total. The third kappa shape index (κ3) is 5.09. The van der Waals surface area contributed by atoms with Crippen LogP contribution in [0, 0.1) is 0 Å². The van der Waals surface area contributed by atoms with Crippen LogP contribution in [0.1, 0.15) is 12.5 Å². The lowest BCUT2D eigenvalue weighted by atomic mass is 10.1. The van der Waals surface area contributed by atoms with E-state index < -0.39 is 0 Å². The highest BCUT2D eigenvalue weighted by Crippen LogP contribution is 2.14. The second-order valence-corrected chi connectivity index (χ2v) is 6.25. The second-order valence-electron chi connectivity index (χ2n) is 6.25. The topological polar surface area (TPSA) is 47.8 Å². The Balaban J connectivity index is 0.00000192. The first-order chi connectivity index (χ1) is 10.7. The number of nitrogens with zero attached hydrogens (tertiary/aromatic N) is 4. The van der Waals surface area contributed by atoms with Gasteiger partial charge in [-0.15, -0.1) is 24.0 Å². The Morgan fingerprint density at radius 2 is 2.04 bits per heavy atom. The second kappa shape index (κ2) is 8.89. The van der Waals surface area contributed by atoms with Gasteiger partial charge in [-0.3, -0.25) is 9.80 Å². The molecule has 0 aliphatic carbocycles. The number of halogens is 1. The predicted octanol–water partition coefficient (Wildman–Crippen LogP) is 0.698. The fourth-order valence-corrected chi connectivity index (χ4v) is 3.30. The number of hydrogen-bond donors (Lipinski definition) is 2. The molecule has 4 heterocycles. The fourth-order valence-electron chi connectivity index (χ4n) is 3.30. The highest BCUT2D eigenvalue weighted by atomic mass is 127. The lowest BCUT2D eigenvalue weighted by molar-refractivity contribution is 0.0154. The van der Waals surface area contributed by atoms with Crippen LogP contribution in [0.2, 0.25) is 0 Å². The number of piperazine rings is 3. The Labute approximate surface area is 156 Å². The van der Waals surface area contributed by atoms with E-state index in [2.05, 4.69) is 50.4 Å². The summed E-state index contributed by atoms with van der Waals surface area (Å²) in [6.07, 6.45) is 4.18. The Morgan fingerprint density at radius 1 is 1.26 bits per heavy atom. The van der Waals surface area contributed by atoms with E-state index in [1.54, 1.807) is 0 Å². The summed E-state index contributed by atoms with van der Waals surface area (Å²) in [7, 11) is 2.04. The maximum Gasteiger partial charge on any atom is 0.191 e. The van der Waals surface area contributed by atoms with Crippen molar-refractivity contribution in [2.75, 3.05) is 45.8 Å². The van der Waals surface area contributed by atoms with Gasteiger partial charge >= 0.3 is 0 Å². The van der Waals surface area contributed by atoms with Crippen molar-refractivity contribution in [3.8, 4) is 0 Å². The molecule has 130 valence electrons. The van der Waals surface area contributed by atoms with Crippen LogP contribution in [-0.4, -0.2) is 72.2 Å². The molecule has 1 aromatic heterocycles. The Morgan fingerprint density at radius 3 is 2.61 bits per heavy atom. The van der Waals surface area contributed by atoms with E-state index in [0.717, 1.165) is 25.6 Å². The molecule has 1 aromatic rings. The van der Waals surface area contributed by atoms with E-state index in [-0.39, 0.29) is 24.0 Å². The first-order valence-corrected chi connectivity index (χ1v) is 8.34. The summed E-state index contributed by atoms with van der Waals surface area (Å²) in [5.74, 6) is 0.920. The average molecular weight is 432 g/mol. The Bertz CT molecular complexity index is 506. The molecule has 0 amide bonds. The monoisotopic (exact) mass is 432 g/mol. The number of aromatic nitrogens is 1. The normalized spacial score (nSPS) is 26.7. The van der Waals surface area contributed by atoms with E-state index >= 15 is 0 Å². The van der Waals surface area contributed by atoms with Gasteiger partial charge in [0.05, 0.1) is 6.54 Å². The number of aryl methyl sites for hydroxylation is 1. The number of fused-ring (bicyclic) bond motifs is 3. The van der Waals surface area contributed by atoms with Gasteiger partial charge in [0.25, 0.3) is 0 Å². The molecule has 3 aliphatic heterocycles. The Hall–Kier alpha value is -0.800. The minimum atomic E-state index is 0. The van der Waals surface area contributed by atoms with Crippen LogP contribution in [0.5, 0.6) is 0 Å². The van der Waals surface area contributed by atoms with Crippen LogP contribution in [0.15, 0.2) is 23.5 Å². The molecule has 23 heavy (non-hydrogen) atoms. The zero-order chi connectivity index (χ0) is 15.4. The van der Waals surface area contributed by atoms with Gasteiger partial charge in [0.15, 0.2) is 5.96 Å². The van der Waals surface area contributed by atoms with Gasteiger partial charge in [-0.25, -0.2) is 4.99 Å². The zero-order valence-corrected chi connectivity index (χ0v) is 16.5. The molecular weight excluding hydrogens is 403 g/mol. The van der Waals surface area contributed by atoms with Crippen molar-refractivity contribution in [1.82, 2.24) is 25.0 Å². The molecule has 7 heteroatoms. The van der Waals surface area contributed by atoms with Crippen molar-refractivity contribution >= 4 is 29.9 Å². The third-order valence-electron chi connectivity index (χ3n) is 4.55. The van der Waals surface area contributed by atoms with Gasteiger partial charge in [-0.2, -0.15) is 0 Å². The van der Waals surface area contributed by atoms with Gasteiger partial charge in [0, 0.05) is 71.3 Å². The number of nitrogens with one attached hydrogen (secondary N) is 2. The molecular formula is C16H29IN6. The molecule has 3 saturated heterocycles. The third-order valence-corrected chi connectivity index (χ3v) is 4.55. The SMILES string of the molecule is CCNC(=NCc1ccn(C)c1)NCC1CN2CCN1CC2.I. The number of aliphatic imine (C=N–C) groups is 1. The highest BCUT2D eigenvalue weighted by molar-refractivity contribution is 14.0. The number of rotatable bonds is 5. The standard InChI is InChI=1S/C16H28N6.HI/c1-3-17-16(18-10-14-4-5-20(2)12-14)19-11-15-13-21-6-8-22(15)9-7-21;/h4-5,12,15H,3,6-11,13H2,1-2H3,(H2,17,18,19);1H. The molecule has 3 aliphatic rings. The maximum atomic E-state index is 4.69. The number of hydrogen-bond acceptors (Lipinski definition) is 3. The van der Waals surface area contributed by atoms with Crippen LogP contribution in [-0.2, 0) is 13.6 Å². The van der Waals surface area contributed by atoms with Crippen LogP contribution in [0.3, 0.4) is 0 Å². The van der Waals surface area contributed by atoms with Crippen LogP contribution >= 0.6 is 24.0 Å². The molecule has 0 spiro atoms. The van der Waals surface area contributed by atoms with Crippen molar-refractivity contribution in [3.63, 3.8) is 0 Å². The van der Waals surface area contributed by atoms with E-state index in [4.69, 9.17) is 4.99 Å². The Kier molecular flexibility index (Phi) is 7.16. The molecule has 0 saturated carbocycles. The first-order valence-electron chi connectivity index (χ1n) is 8.34. The summed E-state index contributed by atoms with van der Waals surface area (Å²) < 4.78 is 2.06. The van der Waals surface area contributed by atoms with Crippen molar-refractivity contribution in [2.45, 2.75) is 19.5 Å². The molecule has 1 unspecified atom stereocenters. The average Bonchev–Trinajstić information content (AvgIpc) is 2.97. The first kappa shape index (κ1) is 18.5. The van der Waals surface area contributed by atoms with E-state index in [1.165, 1.54) is 38.3 Å². The van der Waals surface area contributed by atoms with Gasteiger partial charge in [-0.05, 0) is 18.6 Å². The summed E-state index contributed by atoms with van der Waals surface area (Å²) >= 11 is 0. The summed E-state index contributed by atoms with van der Waals surface area (Å²) in [5, 5.41) is 6.86. The van der Waals surface area contributed by atoms with Crippen molar-refractivity contribution in [2.24, 2.45) is 12.0 Å². The van der Waals surface area contributed by atoms with Crippen molar-refractivity contribution < 1.29 is 0 Å². The van der Waals surface area contributed by atoms with E-state index in [9.17, 15) is 0 Å². The fraction of sp³-hybridized carbons (Fsp3) is 0.688. The molecule has 3 fully saturated rings. The summed E-state index contributed by atoms with van der Waals surface area (Å²) in [4.78, 5) is 9.87. The van der Waals surface area contributed by atoms with Gasteiger partial charge in [0.2, 0.25) is 0 Å². The van der Waals surface area contributed by atoms with Crippen LogP contribution < -0.4 is 10.6 Å². The number of guanidine groups is 1. The summed E-state index contributed by atoms with van der Waals surface area (Å²) in [6.45, 7) is 10.8. The minimum Gasteiger partial charge on any atom is -0.357 e. The molecule has 4 rings (SSSR count). The van der Waals surface area contributed by atoms with E-state index in [0.29, 0.717) is 6.04 Å². The maximum absolute atomic E-state index is 4.69. The van der Waals surface area contributed by atoms with Crippen molar-refractivity contribution in [3.05, 3.63) is 24.0 Å². The largest absolute Gasteiger partial charge is 0.357 e. The highest BCUT2D eigenvalue weighted by Gasteiger charge is 2.31. The van der Waals surface area contributed by atoms with Crippen LogP contribution in [0.4, 0.5) is 0 Å². The smallest absolute Gasteiger partial charge is 0.191 e. The summed E-state index contributed by atoms with van der Waals surface area (Å²) in [6, 6.07) is 2.73. The minimum absolute atomic E-state index is 0. The van der Waals surface area contributed by atoms with Gasteiger partial charge in [0.1, 0.15) is 0 Å². The quantitative estimate of drug-likeness (QED) is 0.409. The molecule has 1 atom stereocenters. The summed E-state index contributed by atoms with van der Waals surface area (Å²) in [5.41, 5.74) is 1.24. The van der Waals surface area contributed by atoms with E-state index in [1.807, 2.05) is 7.05 Å². The predicted molar refractivity (Wildman–Crippen MR) is 105 cm³/mol. The van der Waals surface area contributed by atoms with Gasteiger partial charge < -0.3 is 15.2 Å². The van der Waals surface area contributed by atoms with Crippen LogP contribution in [0.25, 0.3) is 0 Å². The van der Waals surface area contributed by atoms with Crippen molar-refractivity contribution in [1.29, 1.82) is 0 Å². The molecule has 6 nitrogen and oxygen atoms in total. The lowest BCUT2D eigenvalue weighted by Gasteiger charge is -2.47.